The van der Waals surface area contributed by atoms with E-state index in [4.69, 9.17) is 0 Å². The van der Waals surface area contributed by atoms with E-state index in [-0.39, 0.29) is 0 Å². The largest absolute Gasteiger partial charge is 0.344 e. The molecule has 18 heavy (non-hydrogen) atoms. The maximum absolute atomic E-state index is 3.84. The molecule has 0 aliphatic carbocycles. The maximum atomic E-state index is 3.84. The molecule has 0 saturated carbocycles. The van der Waals surface area contributed by atoms with E-state index >= 15 is 0 Å². The van der Waals surface area contributed by atoms with Gasteiger partial charge >= 0.3 is 0 Å². The first-order valence-electron chi connectivity index (χ1n) is 6.30. The first-order valence-corrected chi connectivity index (χ1v) is 6.30. The number of allylic oxidation sites excluding steroid dienone is 1. The van der Waals surface area contributed by atoms with Crippen molar-refractivity contribution in [2.45, 2.75) is 13.3 Å². The van der Waals surface area contributed by atoms with E-state index in [1.54, 1.807) is 0 Å². The number of benzene rings is 2. The molecule has 0 aliphatic rings. The van der Waals surface area contributed by atoms with Crippen LogP contribution in [0.3, 0.4) is 0 Å². The molecule has 1 aromatic heterocycles. The molecule has 0 saturated heterocycles. The second-order valence-electron chi connectivity index (χ2n) is 4.86. The summed E-state index contributed by atoms with van der Waals surface area (Å²) >= 11 is 0. The summed E-state index contributed by atoms with van der Waals surface area (Å²) in [4.78, 5) is 0. The van der Waals surface area contributed by atoms with E-state index in [1.165, 1.54) is 32.9 Å². The zero-order valence-corrected chi connectivity index (χ0v) is 10.9. The van der Waals surface area contributed by atoms with Crippen molar-refractivity contribution in [1.82, 2.24) is 4.57 Å². The van der Waals surface area contributed by atoms with Crippen molar-refractivity contribution in [3.8, 4) is 0 Å². The van der Waals surface area contributed by atoms with Gasteiger partial charge in [-0.15, -0.1) is 6.58 Å². The van der Waals surface area contributed by atoms with Crippen molar-refractivity contribution in [2.24, 2.45) is 7.05 Å². The molecule has 1 nitrogen and oxygen atoms in total. The molecule has 0 spiro atoms. The van der Waals surface area contributed by atoms with Crippen molar-refractivity contribution in [2.75, 3.05) is 0 Å². The molecule has 1 heteroatoms. The lowest BCUT2D eigenvalue weighted by molar-refractivity contribution is 1.01. The van der Waals surface area contributed by atoms with E-state index < -0.39 is 0 Å². The van der Waals surface area contributed by atoms with Crippen LogP contribution in [0.5, 0.6) is 0 Å². The Balaban J connectivity index is 2.45. The molecule has 1 heterocycles. The van der Waals surface area contributed by atoms with Gasteiger partial charge in [-0.3, -0.25) is 0 Å². The van der Waals surface area contributed by atoms with Crippen molar-refractivity contribution >= 4 is 21.8 Å². The van der Waals surface area contributed by atoms with Gasteiger partial charge in [0.05, 0.1) is 0 Å². The first kappa shape index (κ1) is 11.1. The summed E-state index contributed by atoms with van der Waals surface area (Å²) in [5, 5.41) is 2.68. The van der Waals surface area contributed by atoms with Gasteiger partial charge in [0.15, 0.2) is 0 Å². The molecule has 0 atom stereocenters. The molecule has 0 fully saturated rings. The number of aromatic nitrogens is 1. The summed E-state index contributed by atoms with van der Waals surface area (Å²) in [6.07, 6.45) is 2.91. The zero-order chi connectivity index (χ0) is 12.7. The van der Waals surface area contributed by atoms with Crippen LogP contribution in [0, 0.1) is 6.92 Å². The Morgan fingerprint density at radius 3 is 2.67 bits per heavy atom. The highest BCUT2D eigenvalue weighted by atomic mass is 14.9. The Hall–Kier alpha value is -2.02. The minimum absolute atomic E-state index is 0.936. The van der Waals surface area contributed by atoms with Gasteiger partial charge in [0.1, 0.15) is 0 Å². The number of hydrogen-bond donors (Lipinski definition) is 0. The lowest BCUT2D eigenvalue weighted by Crippen LogP contribution is -1.90. The monoisotopic (exact) mass is 235 g/mol. The van der Waals surface area contributed by atoms with Crippen LogP contribution in [-0.4, -0.2) is 4.57 Å². The number of hydrogen-bond acceptors (Lipinski definition) is 0. The van der Waals surface area contributed by atoms with Crippen molar-refractivity contribution in [3.63, 3.8) is 0 Å². The second kappa shape index (κ2) is 4.02. The number of para-hydroxylation sites is 1. The number of rotatable bonds is 2. The topological polar surface area (TPSA) is 4.93 Å². The van der Waals surface area contributed by atoms with Gasteiger partial charge < -0.3 is 4.57 Å². The zero-order valence-electron chi connectivity index (χ0n) is 10.9. The molecule has 3 aromatic rings. The van der Waals surface area contributed by atoms with Crippen LogP contribution in [0.25, 0.3) is 21.8 Å². The maximum Gasteiger partial charge on any atom is 0.0491 e. The highest BCUT2D eigenvalue weighted by Crippen LogP contribution is 2.30. The third kappa shape index (κ3) is 1.47. The average molecular weight is 235 g/mol. The molecule has 90 valence electrons. The Bertz CT molecular complexity index is 747. The Morgan fingerprint density at radius 2 is 1.89 bits per heavy atom. The Labute approximate surface area is 107 Å². The molecular weight excluding hydrogens is 218 g/mol. The molecule has 0 amide bonds. The summed E-state index contributed by atoms with van der Waals surface area (Å²) in [5.41, 5.74) is 5.31. The van der Waals surface area contributed by atoms with Gasteiger partial charge in [-0.05, 0) is 42.7 Å². The number of nitrogens with zero attached hydrogens (tertiary/aromatic N) is 1. The highest BCUT2D eigenvalue weighted by molar-refractivity contribution is 6.08. The van der Waals surface area contributed by atoms with Gasteiger partial charge in [-0.1, -0.05) is 24.3 Å². The summed E-state index contributed by atoms with van der Waals surface area (Å²) in [5.74, 6) is 0. The quantitative estimate of drug-likeness (QED) is 0.581. The van der Waals surface area contributed by atoms with Gasteiger partial charge in [-0.25, -0.2) is 0 Å². The van der Waals surface area contributed by atoms with Crippen molar-refractivity contribution in [1.29, 1.82) is 0 Å². The van der Waals surface area contributed by atoms with Crippen LogP contribution < -0.4 is 0 Å². The molecule has 0 aliphatic heterocycles. The van der Waals surface area contributed by atoms with Gasteiger partial charge in [0.25, 0.3) is 0 Å². The predicted octanol–water partition coefficient (Wildman–Crippen LogP) is 4.37. The standard InChI is InChI=1S/C17H17N/c1-4-7-13-11-15-14-8-5-6-9-16(14)18(3)17(15)10-12(13)2/h4-6,8-11H,1,7H2,2-3H3. The summed E-state index contributed by atoms with van der Waals surface area (Å²) in [6.45, 7) is 6.02. The van der Waals surface area contributed by atoms with Gasteiger partial charge in [-0.2, -0.15) is 0 Å². The van der Waals surface area contributed by atoms with Crippen molar-refractivity contribution in [3.05, 3.63) is 60.2 Å². The molecule has 0 radical (unpaired) electrons. The third-order valence-electron chi connectivity index (χ3n) is 3.74. The van der Waals surface area contributed by atoms with E-state index in [0.29, 0.717) is 0 Å². The number of aryl methyl sites for hydroxylation is 2. The minimum Gasteiger partial charge on any atom is -0.344 e. The minimum atomic E-state index is 0.936. The number of fused-ring (bicyclic) bond motifs is 3. The van der Waals surface area contributed by atoms with Crippen LogP contribution in [-0.2, 0) is 13.5 Å². The SMILES string of the molecule is C=CCc1cc2c3ccccc3n(C)c2cc1C. The fourth-order valence-corrected chi connectivity index (χ4v) is 2.73. The first-order chi connectivity index (χ1) is 8.72. The van der Waals surface area contributed by atoms with Crippen LogP contribution in [0.2, 0.25) is 0 Å². The normalized spacial score (nSPS) is 11.2. The van der Waals surface area contributed by atoms with E-state index in [1.807, 2.05) is 6.08 Å². The third-order valence-corrected chi connectivity index (χ3v) is 3.74. The molecule has 3 rings (SSSR count). The van der Waals surface area contributed by atoms with Crippen LogP contribution in [0.15, 0.2) is 49.1 Å². The Morgan fingerprint density at radius 1 is 1.11 bits per heavy atom. The molecular formula is C17H17N. The van der Waals surface area contributed by atoms with Crippen molar-refractivity contribution < 1.29 is 0 Å². The smallest absolute Gasteiger partial charge is 0.0491 e. The summed E-state index contributed by atoms with van der Waals surface area (Å²) in [6, 6.07) is 13.2. The predicted molar refractivity (Wildman–Crippen MR) is 79.1 cm³/mol. The average Bonchev–Trinajstić information content (AvgIpc) is 2.65. The fourth-order valence-electron chi connectivity index (χ4n) is 2.73. The molecule has 2 aromatic carbocycles. The lowest BCUT2D eigenvalue weighted by Gasteiger charge is -2.05. The summed E-state index contributed by atoms with van der Waals surface area (Å²) in [7, 11) is 2.14. The second-order valence-corrected chi connectivity index (χ2v) is 4.86. The molecule has 0 N–H and O–H groups in total. The Kier molecular flexibility index (Phi) is 2.48. The van der Waals surface area contributed by atoms with E-state index in [2.05, 4.69) is 61.5 Å². The van der Waals surface area contributed by atoms with E-state index in [0.717, 1.165) is 6.42 Å². The lowest BCUT2D eigenvalue weighted by atomic mass is 10.0. The molecule has 0 unspecified atom stereocenters. The van der Waals surface area contributed by atoms with Gasteiger partial charge in [0.2, 0.25) is 0 Å². The highest BCUT2D eigenvalue weighted by Gasteiger charge is 2.09. The van der Waals surface area contributed by atoms with Gasteiger partial charge in [0, 0.05) is 28.9 Å². The fraction of sp³-hybridized carbons (Fsp3) is 0.176. The van der Waals surface area contributed by atoms with E-state index in [9.17, 15) is 0 Å². The van der Waals surface area contributed by atoms with Crippen LogP contribution in [0.1, 0.15) is 11.1 Å². The summed E-state index contributed by atoms with van der Waals surface area (Å²) < 4.78 is 2.27. The van der Waals surface area contributed by atoms with Crippen LogP contribution in [0.4, 0.5) is 0 Å². The molecule has 0 bridgehead atoms. The van der Waals surface area contributed by atoms with Crippen LogP contribution >= 0.6 is 0 Å².